The molecule has 0 spiro atoms. The van der Waals surface area contributed by atoms with E-state index >= 15 is 0 Å². The number of aliphatic carboxylic acids is 4. The Kier molecular flexibility index (Phi) is 11.3. The van der Waals surface area contributed by atoms with Crippen molar-refractivity contribution in [1.82, 2.24) is 19.9 Å². The number of aromatic nitrogens is 4. The van der Waals surface area contributed by atoms with E-state index in [1.54, 1.807) is 24.3 Å². The molecule has 1 radical (unpaired) electrons. The quantitative estimate of drug-likeness (QED) is 0.164. The van der Waals surface area contributed by atoms with Crippen molar-refractivity contribution in [3.8, 4) is 0 Å². The van der Waals surface area contributed by atoms with E-state index in [1.807, 2.05) is 27.7 Å². The predicted octanol–water partition coefficient (Wildman–Crippen LogP) is 5.81. The van der Waals surface area contributed by atoms with Crippen molar-refractivity contribution in [3.05, 3.63) is 69.3 Å². The van der Waals surface area contributed by atoms with Crippen LogP contribution in [0.5, 0.6) is 0 Å². The fourth-order valence-electron chi connectivity index (χ4n) is 6.26. The van der Waals surface area contributed by atoms with Gasteiger partial charge in [0.25, 0.3) is 0 Å². The molecule has 0 aliphatic carbocycles. The van der Waals surface area contributed by atoms with Crippen LogP contribution in [0, 0.1) is 13.8 Å². The summed E-state index contributed by atoms with van der Waals surface area (Å²) in [4.78, 5) is 65.9. The molecule has 12 nitrogen and oxygen atoms in total. The number of carboxylic acids is 4. The largest absolute Gasteiger partial charge is 2.00 e. The number of hydrogen-bond acceptors (Lipinski definition) is 6. The van der Waals surface area contributed by atoms with Crippen LogP contribution in [0.25, 0.3) is 44.4 Å². The number of hydrogen-bond donors (Lipinski definition) is 4. The summed E-state index contributed by atoms with van der Waals surface area (Å²) in [6, 6.07) is 7.14. The number of allylic oxidation sites excluding steroid dienone is 4. The summed E-state index contributed by atoms with van der Waals surface area (Å²) >= 11 is 0. The van der Waals surface area contributed by atoms with Gasteiger partial charge < -0.3 is 30.4 Å². The fraction of sp³-hybridized carbons (Fsp3) is 0.333. The molecule has 13 heteroatoms. The van der Waals surface area contributed by atoms with Crippen LogP contribution in [0.1, 0.15) is 97.4 Å². The monoisotopic (exact) mass is 715 g/mol. The minimum absolute atomic E-state index is 0. The minimum atomic E-state index is -0.954. The molecule has 5 heterocycles. The molecule has 49 heavy (non-hydrogen) atoms. The van der Waals surface area contributed by atoms with E-state index in [-0.39, 0.29) is 68.4 Å². The number of carboxylic acid groups (broad SMARTS) is 4. The maximum Gasteiger partial charge on any atom is 2.00 e. The first-order valence-electron chi connectivity index (χ1n) is 15.6. The Labute approximate surface area is 292 Å². The second-order valence-electron chi connectivity index (χ2n) is 12.1. The van der Waals surface area contributed by atoms with Gasteiger partial charge in [-0.15, -0.1) is 22.1 Å². The van der Waals surface area contributed by atoms with Crippen molar-refractivity contribution in [3.63, 3.8) is 0 Å². The average molecular weight is 716 g/mol. The van der Waals surface area contributed by atoms with Gasteiger partial charge in [0.15, 0.2) is 0 Å². The number of fused-ring (bicyclic) bond motifs is 8. The number of aryl methyl sites for hydroxylation is 4. The van der Waals surface area contributed by atoms with Gasteiger partial charge in [0.2, 0.25) is 0 Å². The van der Waals surface area contributed by atoms with Crippen molar-refractivity contribution in [2.45, 2.75) is 79.1 Å². The molecule has 3 aromatic heterocycles. The SMILES string of the molecule is CC1=C(CCC(=O)O)c2cc3[n-]c(cc4nc(cc5[n-]c(cc1n2)c(CCC(=O)O)c5C)C(CCC(=O)O)=C4C)c(CCC(=O)O)c3C.[Cu+2]. The Hall–Kier alpha value is -5.00. The third-order valence-corrected chi connectivity index (χ3v) is 9.00. The van der Waals surface area contributed by atoms with Gasteiger partial charge in [0.05, 0.1) is 22.8 Å². The molecule has 5 rings (SSSR count). The molecule has 0 saturated heterocycles. The first-order valence-corrected chi connectivity index (χ1v) is 15.6. The fourth-order valence-corrected chi connectivity index (χ4v) is 6.26. The number of nitrogens with zero attached hydrogens (tertiary/aromatic N) is 4. The Bertz CT molecular complexity index is 1960. The van der Waals surface area contributed by atoms with Gasteiger partial charge in [-0.05, 0) is 75.7 Å². The first kappa shape index (κ1) is 36.8. The maximum absolute atomic E-state index is 11.6. The molecule has 2 aliphatic heterocycles. The molecule has 0 aromatic carbocycles. The summed E-state index contributed by atoms with van der Waals surface area (Å²) in [5, 5.41) is 37.9. The minimum Gasteiger partial charge on any atom is -0.657 e. The molecule has 0 atom stereocenters. The van der Waals surface area contributed by atoms with E-state index in [4.69, 9.17) is 19.9 Å². The predicted molar refractivity (Wildman–Crippen MR) is 179 cm³/mol. The van der Waals surface area contributed by atoms with Crippen LogP contribution < -0.4 is 9.97 Å². The molecule has 0 amide bonds. The molecular formula is C36H36CuN4O8. The summed E-state index contributed by atoms with van der Waals surface area (Å²) in [5.41, 5.74) is 10.3. The van der Waals surface area contributed by atoms with E-state index in [0.29, 0.717) is 44.8 Å². The van der Waals surface area contributed by atoms with Crippen molar-refractivity contribution in [2.24, 2.45) is 0 Å². The van der Waals surface area contributed by atoms with Crippen molar-refractivity contribution in [1.29, 1.82) is 0 Å². The van der Waals surface area contributed by atoms with Crippen molar-refractivity contribution in [2.75, 3.05) is 0 Å². The van der Waals surface area contributed by atoms with Crippen molar-refractivity contribution < 1.29 is 56.7 Å². The molecule has 4 N–H and O–H groups in total. The zero-order valence-corrected chi connectivity index (χ0v) is 28.4. The second kappa shape index (κ2) is 15.0. The molecule has 0 saturated carbocycles. The van der Waals surface area contributed by atoms with Gasteiger partial charge in [-0.1, -0.05) is 46.5 Å². The van der Waals surface area contributed by atoms with E-state index < -0.39 is 23.9 Å². The van der Waals surface area contributed by atoms with Gasteiger partial charge in [0, 0.05) is 25.7 Å². The molecule has 0 unspecified atom stereocenters. The van der Waals surface area contributed by atoms with Crippen LogP contribution in [0.2, 0.25) is 0 Å². The molecule has 8 bridgehead atoms. The Morgan fingerprint density at radius 2 is 0.816 bits per heavy atom. The van der Waals surface area contributed by atoms with E-state index in [1.165, 1.54) is 0 Å². The molecule has 0 fully saturated rings. The Morgan fingerprint density at radius 1 is 0.510 bits per heavy atom. The second-order valence-corrected chi connectivity index (χ2v) is 12.1. The smallest absolute Gasteiger partial charge is 0.657 e. The normalized spacial score (nSPS) is 12.7. The van der Waals surface area contributed by atoms with E-state index in [0.717, 1.165) is 44.5 Å². The van der Waals surface area contributed by atoms with Crippen LogP contribution in [0.4, 0.5) is 0 Å². The van der Waals surface area contributed by atoms with Crippen molar-refractivity contribution >= 4 is 68.2 Å². The molecule has 3 aromatic rings. The zero-order chi connectivity index (χ0) is 34.9. The van der Waals surface area contributed by atoms with Crippen LogP contribution in [-0.2, 0) is 49.1 Å². The standard InChI is InChI=1S/C36H38N4O8.Cu/c1-17-21(5-9-33(41)42)29-14-26-19(3)23(7-11-35(45)46)31(39-26)16-28-20(4)24(8-12-36(47)48)32(40-28)15-27-18(2)22(6-10-34(43)44)30(38-27)13-25(17)37-29;/h13-16H,5-12H2,1-4H3,(H6,37,38,39,40,41,42,43,44,45,46,47,48);/q;+2/p-2. The summed E-state index contributed by atoms with van der Waals surface area (Å²) in [6.07, 6.45) is 0.401. The topological polar surface area (TPSA) is 203 Å². The maximum atomic E-state index is 11.6. The summed E-state index contributed by atoms with van der Waals surface area (Å²) in [6.45, 7) is 7.43. The Morgan fingerprint density at radius 3 is 1.14 bits per heavy atom. The molecular weight excluding hydrogens is 680 g/mol. The van der Waals surface area contributed by atoms with Gasteiger partial charge in [-0.2, -0.15) is 0 Å². The Balaban J connectivity index is 0.00000541. The van der Waals surface area contributed by atoms with E-state index in [9.17, 15) is 39.6 Å². The first-order chi connectivity index (χ1) is 22.7. The van der Waals surface area contributed by atoms with Gasteiger partial charge in [-0.3, -0.25) is 19.2 Å². The summed E-state index contributed by atoms with van der Waals surface area (Å²) in [7, 11) is 0. The van der Waals surface area contributed by atoms with Gasteiger partial charge in [-0.25, -0.2) is 9.97 Å². The number of rotatable bonds is 12. The zero-order valence-electron chi connectivity index (χ0n) is 27.5. The third kappa shape index (κ3) is 8.01. The van der Waals surface area contributed by atoms with Gasteiger partial charge >= 0.3 is 40.9 Å². The number of carbonyl (C=O) groups is 4. The van der Waals surface area contributed by atoms with Crippen LogP contribution in [-0.4, -0.2) is 54.3 Å². The summed E-state index contributed by atoms with van der Waals surface area (Å²) in [5.74, 6) is -3.82. The van der Waals surface area contributed by atoms with Crippen LogP contribution >= 0.6 is 0 Å². The van der Waals surface area contributed by atoms with Crippen LogP contribution in [0.15, 0.2) is 24.3 Å². The van der Waals surface area contributed by atoms with Gasteiger partial charge in [0.1, 0.15) is 0 Å². The van der Waals surface area contributed by atoms with Crippen LogP contribution in [0.3, 0.4) is 0 Å². The molecule has 2 aliphatic rings. The van der Waals surface area contributed by atoms with E-state index in [2.05, 4.69) is 0 Å². The average Bonchev–Trinajstić information content (AvgIpc) is 3.66. The summed E-state index contributed by atoms with van der Waals surface area (Å²) < 4.78 is 0. The molecule has 259 valence electrons. The third-order valence-electron chi connectivity index (χ3n) is 9.00.